The highest BCUT2D eigenvalue weighted by Gasteiger charge is 2.33. The molecule has 0 aromatic carbocycles. The molecule has 0 heterocycles. The van der Waals surface area contributed by atoms with E-state index in [-0.39, 0.29) is 0 Å². The van der Waals surface area contributed by atoms with Gasteiger partial charge in [0.05, 0.1) is 0 Å². The van der Waals surface area contributed by atoms with Crippen molar-refractivity contribution in [2.24, 2.45) is 23.5 Å². The average molecular weight is 254 g/mol. The van der Waals surface area contributed by atoms with Gasteiger partial charge in [-0.2, -0.15) is 0 Å². The van der Waals surface area contributed by atoms with Gasteiger partial charge >= 0.3 is 0 Å². The maximum atomic E-state index is 6.39. The Labute approximate surface area is 114 Å². The zero-order valence-electron chi connectivity index (χ0n) is 13.2. The molecule has 0 aromatic heterocycles. The van der Waals surface area contributed by atoms with Crippen LogP contribution in [0, 0.1) is 17.8 Å². The largest absolute Gasteiger partial charge is 0.326 e. The molecule has 4 atom stereocenters. The summed E-state index contributed by atoms with van der Waals surface area (Å²) < 4.78 is 0. The van der Waals surface area contributed by atoms with Gasteiger partial charge in [-0.15, -0.1) is 0 Å². The van der Waals surface area contributed by atoms with Crippen molar-refractivity contribution < 1.29 is 0 Å². The van der Waals surface area contributed by atoms with E-state index in [2.05, 4.69) is 39.5 Å². The van der Waals surface area contributed by atoms with Gasteiger partial charge in [0.15, 0.2) is 0 Å². The molecule has 0 radical (unpaired) electrons. The van der Waals surface area contributed by atoms with Crippen LogP contribution < -0.4 is 5.73 Å². The number of nitrogens with zero attached hydrogens (tertiary/aromatic N) is 1. The van der Waals surface area contributed by atoms with Crippen LogP contribution >= 0.6 is 0 Å². The predicted molar refractivity (Wildman–Crippen MR) is 80.6 cm³/mol. The summed E-state index contributed by atoms with van der Waals surface area (Å²) in [6.07, 6.45) is 5.12. The monoisotopic (exact) mass is 254 g/mol. The lowest BCUT2D eigenvalue weighted by Crippen LogP contribution is -2.52. The number of likely N-dealkylation sites (N-methyl/N-ethyl adjacent to an activating group) is 1. The summed E-state index contributed by atoms with van der Waals surface area (Å²) in [7, 11) is 0. The maximum Gasteiger partial charge on any atom is 0.0249 e. The molecule has 2 nitrogen and oxygen atoms in total. The molecule has 2 N–H and O–H groups in total. The third-order valence-corrected chi connectivity index (χ3v) is 4.97. The minimum Gasteiger partial charge on any atom is -0.326 e. The van der Waals surface area contributed by atoms with Crippen LogP contribution in [-0.2, 0) is 0 Å². The molecule has 1 fully saturated rings. The van der Waals surface area contributed by atoms with Crippen molar-refractivity contribution in [1.29, 1.82) is 0 Å². The third-order valence-electron chi connectivity index (χ3n) is 4.97. The van der Waals surface area contributed by atoms with Crippen LogP contribution in [0.5, 0.6) is 0 Å². The number of rotatable bonds is 6. The average Bonchev–Trinajstić information content (AvgIpc) is 2.36. The molecule has 0 amide bonds. The molecule has 0 saturated heterocycles. The first-order valence-corrected chi connectivity index (χ1v) is 7.99. The van der Waals surface area contributed by atoms with Crippen LogP contribution in [0.4, 0.5) is 0 Å². The Bertz CT molecular complexity index is 227. The predicted octanol–water partition coefficient (Wildman–Crippen LogP) is 3.51. The molecular formula is C16H34N2. The van der Waals surface area contributed by atoms with Gasteiger partial charge in [0.2, 0.25) is 0 Å². The Balaban J connectivity index is 2.63. The summed E-state index contributed by atoms with van der Waals surface area (Å²) in [5.74, 6) is 2.47. The van der Waals surface area contributed by atoms with Crippen LogP contribution in [0.15, 0.2) is 0 Å². The maximum absolute atomic E-state index is 6.39. The van der Waals surface area contributed by atoms with Gasteiger partial charge in [0.25, 0.3) is 0 Å². The molecule has 0 spiro atoms. The second-order valence-corrected chi connectivity index (χ2v) is 6.65. The summed E-state index contributed by atoms with van der Waals surface area (Å²) in [6.45, 7) is 14.0. The third kappa shape index (κ3) is 4.24. The highest BCUT2D eigenvalue weighted by Crippen LogP contribution is 2.32. The van der Waals surface area contributed by atoms with E-state index in [1.807, 2.05) is 0 Å². The molecule has 108 valence electrons. The van der Waals surface area contributed by atoms with Crippen LogP contribution in [0.3, 0.4) is 0 Å². The van der Waals surface area contributed by atoms with Crippen molar-refractivity contribution >= 4 is 0 Å². The molecule has 1 saturated carbocycles. The first-order chi connectivity index (χ1) is 8.49. The van der Waals surface area contributed by atoms with Gasteiger partial charge < -0.3 is 5.73 Å². The van der Waals surface area contributed by atoms with E-state index in [0.29, 0.717) is 12.1 Å². The minimum atomic E-state index is 0.393. The van der Waals surface area contributed by atoms with Gasteiger partial charge in [-0.3, -0.25) is 4.90 Å². The van der Waals surface area contributed by atoms with Crippen molar-refractivity contribution in [3.63, 3.8) is 0 Å². The van der Waals surface area contributed by atoms with Gasteiger partial charge in [-0.1, -0.05) is 41.0 Å². The van der Waals surface area contributed by atoms with Crippen molar-refractivity contribution in [3.05, 3.63) is 0 Å². The molecule has 1 rings (SSSR count). The molecule has 4 unspecified atom stereocenters. The molecule has 18 heavy (non-hydrogen) atoms. The summed E-state index contributed by atoms with van der Waals surface area (Å²) in [6, 6.07) is 1.01. The molecule has 1 aliphatic rings. The normalized spacial score (nSPS) is 31.0. The van der Waals surface area contributed by atoms with E-state index in [4.69, 9.17) is 5.73 Å². The lowest BCUT2D eigenvalue weighted by molar-refractivity contribution is 0.0886. The fraction of sp³-hybridized carbons (Fsp3) is 1.00. The Hall–Kier alpha value is -0.0800. The fourth-order valence-electron chi connectivity index (χ4n) is 3.26. The molecule has 2 heteroatoms. The summed E-state index contributed by atoms with van der Waals surface area (Å²) in [4.78, 5) is 2.65. The zero-order chi connectivity index (χ0) is 13.7. The fourth-order valence-corrected chi connectivity index (χ4v) is 3.26. The van der Waals surface area contributed by atoms with Crippen LogP contribution in [0.2, 0.25) is 0 Å². The van der Waals surface area contributed by atoms with Crippen molar-refractivity contribution in [2.75, 3.05) is 13.1 Å². The molecular weight excluding hydrogens is 220 g/mol. The van der Waals surface area contributed by atoms with Crippen molar-refractivity contribution in [3.8, 4) is 0 Å². The SMILES string of the molecule is CCC(C)CN(CC)C1CC(C(C)C)CCC1N. The first kappa shape index (κ1) is 16.0. The second kappa shape index (κ2) is 7.49. The summed E-state index contributed by atoms with van der Waals surface area (Å²) >= 11 is 0. The lowest BCUT2D eigenvalue weighted by Gasteiger charge is -2.43. The van der Waals surface area contributed by atoms with Gasteiger partial charge in [0.1, 0.15) is 0 Å². The zero-order valence-corrected chi connectivity index (χ0v) is 13.2. The summed E-state index contributed by atoms with van der Waals surface area (Å²) in [5.41, 5.74) is 6.39. The molecule has 0 aliphatic heterocycles. The van der Waals surface area contributed by atoms with Gasteiger partial charge in [-0.05, 0) is 43.6 Å². The summed E-state index contributed by atoms with van der Waals surface area (Å²) in [5, 5.41) is 0. The van der Waals surface area contributed by atoms with Crippen LogP contribution in [0.25, 0.3) is 0 Å². The highest BCUT2D eigenvalue weighted by molar-refractivity contribution is 4.90. The number of hydrogen-bond donors (Lipinski definition) is 1. The first-order valence-electron chi connectivity index (χ1n) is 7.99. The van der Waals surface area contributed by atoms with E-state index in [1.54, 1.807) is 0 Å². The Kier molecular flexibility index (Phi) is 6.65. The lowest BCUT2D eigenvalue weighted by atomic mass is 9.76. The molecule has 0 aromatic rings. The van der Waals surface area contributed by atoms with E-state index in [9.17, 15) is 0 Å². The Morgan fingerprint density at radius 2 is 1.83 bits per heavy atom. The molecule has 0 bridgehead atoms. The van der Waals surface area contributed by atoms with E-state index in [0.717, 1.165) is 24.3 Å². The quantitative estimate of drug-likeness (QED) is 0.786. The number of hydrogen-bond acceptors (Lipinski definition) is 2. The van der Waals surface area contributed by atoms with E-state index in [1.165, 1.54) is 32.2 Å². The van der Waals surface area contributed by atoms with Gasteiger partial charge in [-0.25, -0.2) is 0 Å². The smallest absolute Gasteiger partial charge is 0.0249 e. The van der Waals surface area contributed by atoms with Crippen LogP contribution in [-0.4, -0.2) is 30.1 Å². The molecule has 1 aliphatic carbocycles. The minimum absolute atomic E-state index is 0.393. The Morgan fingerprint density at radius 3 is 2.33 bits per heavy atom. The Morgan fingerprint density at radius 1 is 1.17 bits per heavy atom. The highest BCUT2D eigenvalue weighted by atomic mass is 15.2. The van der Waals surface area contributed by atoms with E-state index >= 15 is 0 Å². The topological polar surface area (TPSA) is 29.3 Å². The van der Waals surface area contributed by atoms with Crippen LogP contribution in [0.1, 0.15) is 60.3 Å². The standard InChI is InChI=1S/C16H34N2/c1-6-13(5)11-18(7-2)16-10-14(12(3)4)8-9-15(16)17/h12-16H,6-11,17H2,1-5H3. The van der Waals surface area contributed by atoms with Gasteiger partial charge in [0, 0.05) is 18.6 Å². The van der Waals surface area contributed by atoms with Crippen molar-refractivity contribution in [2.45, 2.75) is 72.4 Å². The van der Waals surface area contributed by atoms with Crippen molar-refractivity contribution in [1.82, 2.24) is 4.90 Å². The second-order valence-electron chi connectivity index (χ2n) is 6.65. The van der Waals surface area contributed by atoms with E-state index < -0.39 is 0 Å². The number of nitrogens with two attached hydrogens (primary N) is 1.